The molecule has 3 N–H and O–H groups in total. The van der Waals surface area contributed by atoms with Crippen molar-refractivity contribution in [2.75, 3.05) is 32.6 Å². The fraction of sp³-hybridized carbons (Fsp3) is 0.419. The molecule has 2 spiro atoms. The number of aromatic nitrogens is 2. The van der Waals surface area contributed by atoms with Gasteiger partial charge in [0.15, 0.2) is 0 Å². The third-order valence-corrected chi connectivity index (χ3v) is 9.73. The van der Waals surface area contributed by atoms with E-state index in [1.165, 1.54) is 25.4 Å². The van der Waals surface area contributed by atoms with Crippen molar-refractivity contribution in [3.05, 3.63) is 64.1 Å². The predicted octanol–water partition coefficient (Wildman–Crippen LogP) is 5.15. The van der Waals surface area contributed by atoms with Gasteiger partial charge >= 0.3 is 0 Å². The van der Waals surface area contributed by atoms with Gasteiger partial charge in [0.2, 0.25) is 11.8 Å². The molecule has 2 aliphatic carbocycles. The Kier molecular flexibility index (Phi) is 6.70. The normalized spacial score (nSPS) is 19.6. The van der Waals surface area contributed by atoms with Gasteiger partial charge in [-0.15, -0.1) is 0 Å². The van der Waals surface area contributed by atoms with Crippen molar-refractivity contribution in [1.82, 2.24) is 25.5 Å². The summed E-state index contributed by atoms with van der Waals surface area (Å²) in [5.41, 5.74) is 1.59. The van der Waals surface area contributed by atoms with Crippen molar-refractivity contribution in [2.24, 2.45) is 5.41 Å². The average molecular weight is 607 g/mol. The molecule has 4 aliphatic rings. The molecule has 3 fully saturated rings. The fourth-order valence-corrected chi connectivity index (χ4v) is 7.04. The zero-order chi connectivity index (χ0) is 29.9. The number of piperidine rings is 1. The van der Waals surface area contributed by atoms with Crippen LogP contribution in [-0.4, -0.2) is 60.0 Å². The molecule has 3 aromatic rings. The Labute approximate surface area is 253 Å². The number of methoxy groups -OCH3 is 1. The molecule has 2 aromatic carbocycles. The van der Waals surface area contributed by atoms with E-state index in [2.05, 4.69) is 25.9 Å². The van der Waals surface area contributed by atoms with Crippen LogP contribution in [0.3, 0.4) is 0 Å². The molecular weight excluding hydrogens is 575 g/mol. The van der Waals surface area contributed by atoms with Gasteiger partial charge in [0, 0.05) is 19.2 Å². The molecule has 12 heteroatoms. The van der Waals surface area contributed by atoms with Crippen LogP contribution in [0, 0.1) is 11.2 Å². The van der Waals surface area contributed by atoms with Crippen LogP contribution in [0.25, 0.3) is 0 Å². The average Bonchev–Trinajstić information content (AvgIpc) is 3.76. The summed E-state index contributed by atoms with van der Waals surface area (Å²) in [6.45, 7) is 2.00. The molecule has 2 saturated carbocycles. The fourth-order valence-electron chi connectivity index (χ4n) is 6.91. The lowest BCUT2D eigenvalue weighted by Gasteiger charge is -2.50. The maximum Gasteiger partial charge on any atom is 0.258 e. The molecule has 1 saturated heterocycles. The summed E-state index contributed by atoms with van der Waals surface area (Å²) in [7, 11) is 3.23. The van der Waals surface area contributed by atoms with E-state index < -0.39 is 11.7 Å². The monoisotopic (exact) mass is 606 g/mol. The van der Waals surface area contributed by atoms with Crippen LogP contribution in [0.2, 0.25) is 5.02 Å². The van der Waals surface area contributed by atoms with Crippen LogP contribution in [0.5, 0.6) is 17.4 Å². The van der Waals surface area contributed by atoms with Gasteiger partial charge in [-0.2, -0.15) is 4.98 Å². The summed E-state index contributed by atoms with van der Waals surface area (Å²) >= 11 is 6.37. The molecule has 0 bridgehead atoms. The van der Waals surface area contributed by atoms with E-state index in [1.54, 1.807) is 18.0 Å². The number of amides is 2. The van der Waals surface area contributed by atoms with Crippen molar-refractivity contribution < 1.29 is 23.5 Å². The first kappa shape index (κ1) is 27.8. The zero-order valence-corrected chi connectivity index (χ0v) is 24.7. The maximum absolute atomic E-state index is 15.2. The minimum Gasteiger partial charge on any atom is -0.495 e. The molecule has 1 aromatic heterocycles. The number of hydrogen-bond donors (Lipinski definition) is 3. The standard InChI is InChI=1S/C31H32ClFN6O4/c1-39-28(41)25-19(31(39)6-7-31)4-3-5-23(25)43-27-20(32)16-35-29(38-27)37-22-13-21(33)18(12-24(22)42-2)26(40)36-17-14-30(15-17)8-10-34-11-9-30/h3-5,12-13,16-17,34H,6-11,14-15H2,1-2H3,(H,36,40)(H,35,37,38). The molecule has 2 amide bonds. The predicted molar refractivity (Wildman–Crippen MR) is 158 cm³/mol. The number of rotatable bonds is 7. The molecular formula is C31H32ClFN6O4. The van der Waals surface area contributed by atoms with Crippen LogP contribution < -0.4 is 25.4 Å². The Morgan fingerprint density at radius 3 is 2.65 bits per heavy atom. The highest BCUT2D eigenvalue weighted by molar-refractivity contribution is 6.31. The van der Waals surface area contributed by atoms with Gasteiger partial charge in [-0.25, -0.2) is 9.37 Å². The highest BCUT2D eigenvalue weighted by Gasteiger charge is 2.57. The molecule has 43 heavy (non-hydrogen) atoms. The van der Waals surface area contributed by atoms with Crippen molar-refractivity contribution in [2.45, 2.75) is 50.1 Å². The molecule has 3 heterocycles. The smallest absolute Gasteiger partial charge is 0.258 e. The molecule has 2 aliphatic heterocycles. The van der Waals surface area contributed by atoms with Crippen molar-refractivity contribution >= 4 is 35.1 Å². The van der Waals surface area contributed by atoms with Gasteiger partial charge in [-0.3, -0.25) is 9.59 Å². The first-order valence-corrected chi connectivity index (χ1v) is 14.9. The number of fused-ring (bicyclic) bond motifs is 2. The van der Waals surface area contributed by atoms with Gasteiger partial charge in [0.1, 0.15) is 22.3 Å². The zero-order valence-electron chi connectivity index (χ0n) is 23.9. The summed E-state index contributed by atoms with van der Waals surface area (Å²) in [5.74, 6) is -0.620. The third-order valence-electron chi connectivity index (χ3n) is 9.47. The number of carbonyl (C=O) groups excluding carboxylic acids is 2. The number of benzene rings is 2. The number of anilines is 2. The molecule has 0 unspecified atom stereocenters. The minimum absolute atomic E-state index is 0.0298. The second-order valence-electron chi connectivity index (χ2n) is 12.0. The van der Waals surface area contributed by atoms with E-state index >= 15 is 4.39 Å². The first-order chi connectivity index (χ1) is 20.7. The molecule has 7 rings (SSSR count). The number of hydrogen-bond acceptors (Lipinski definition) is 8. The van der Waals surface area contributed by atoms with E-state index in [0.717, 1.165) is 57.2 Å². The Morgan fingerprint density at radius 2 is 1.93 bits per heavy atom. The quantitative estimate of drug-likeness (QED) is 0.338. The summed E-state index contributed by atoms with van der Waals surface area (Å²) in [4.78, 5) is 36.4. The van der Waals surface area contributed by atoms with Crippen LogP contribution in [0.1, 0.15) is 64.8 Å². The SMILES string of the molecule is COc1cc(C(=O)NC2CC3(CCNCC3)C2)c(F)cc1Nc1ncc(Cl)c(Oc2cccc3c2C(=O)N(C)C32CC2)n1. The third kappa shape index (κ3) is 4.75. The van der Waals surface area contributed by atoms with Gasteiger partial charge in [-0.1, -0.05) is 23.7 Å². The second-order valence-corrected chi connectivity index (χ2v) is 12.4. The van der Waals surface area contributed by atoms with Crippen LogP contribution in [0.15, 0.2) is 36.5 Å². The van der Waals surface area contributed by atoms with Crippen molar-refractivity contribution in [3.63, 3.8) is 0 Å². The van der Waals surface area contributed by atoms with Crippen molar-refractivity contribution in [3.8, 4) is 17.4 Å². The largest absolute Gasteiger partial charge is 0.495 e. The van der Waals surface area contributed by atoms with Crippen LogP contribution in [0.4, 0.5) is 16.0 Å². The van der Waals surface area contributed by atoms with Crippen LogP contribution >= 0.6 is 11.6 Å². The number of nitrogens with one attached hydrogen (secondary N) is 3. The minimum atomic E-state index is -0.710. The topological polar surface area (TPSA) is 118 Å². The molecule has 10 nitrogen and oxygen atoms in total. The van der Waals surface area contributed by atoms with E-state index in [0.29, 0.717) is 16.7 Å². The highest BCUT2D eigenvalue weighted by atomic mass is 35.5. The summed E-state index contributed by atoms with van der Waals surface area (Å²) in [5, 5.41) is 9.42. The van der Waals surface area contributed by atoms with E-state index in [-0.39, 0.29) is 51.3 Å². The molecule has 0 radical (unpaired) electrons. The second kappa shape index (κ2) is 10.3. The van der Waals surface area contributed by atoms with Gasteiger partial charge in [0.05, 0.1) is 35.7 Å². The van der Waals surface area contributed by atoms with E-state index in [9.17, 15) is 9.59 Å². The summed E-state index contributed by atoms with van der Waals surface area (Å²) in [6.07, 6.45) is 7.20. The Morgan fingerprint density at radius 1 is 1.16 bits per heavy atom. The number of ether oxygens (including phenoxy) is 2. The lowest BCUT2D eigenvalue weighted by molar-refractivity contribution is 0.0422. The van der Waals surface area contributed by atoms with E-state index in [4.69, 9.17) is 21.1 Å². The van der Waals surface area contributed by atoms with E-state index in [1.807, 2.05) is 12.1 Å². The first-order valence-electron chi connectivity index (χ1n) is 14.5. The molecule has 224 valence electrons. The Balaban J connectivity index is 1.08. The van der Waals surface area contributed by atoms with Gasteiger partial charge in [-0.05, 0) is 74.7 Å². The summed E-state index contributed by atoms with van der Waals surface area (Å²) < 4.78 is 26.8. The van der Waals surface area contributed by atoms with Crippen molar-refractivity contribution in [1.29, 1.82) is 0 Å². The van der Waals surface area contributed by atoms with Crippen LogP contribution in [-0.2, 0) is 5.54 Å². The number of nitrogens with zero attached hydrogens (tertiary/aromatic N) is 3. The Bertz CT molecular complexity index is 1630. The maximum atomic E-state index is 15.2. The molecule has 0 atom stereocenters. The lowest BCUT2D eigenvalue weighted by atomic mass is 9.60. The number of carbonyl (C=O) groups is 2. The van der Waals surface area contributed by atoms with Gasteiger partial charge in [0.25, 0.3) is 11.8 Å². The lowest BCUT2D eigenvalue weighted by Crippen LogP contribution is -2.54. The highest BCUT2D eigenvalue weighted by Crippen LogP contribution is 2.57. The van der Waals surface area contributed by atoms with Gasteiger partial charge < -0.3 is 30.3 Å². The summed E-state index contributed by atoms with van der Waals surface area (Å²) in [6, 6.07) is 8.07. The number of halogens is 2. The Hall–Kier alpha value is -3.96.